The lowest BCUT2D eigenvalue weighted by molar-refractivity contribution is 0.789. The van der Waals surface area contributed by atoms with Gasteiger partial charge in [0.15, 0.2) is 0 Å². The van der Waals surface area contributed by atoms with Crippen molar-refractivity contribution in [1.29, 1.82) is 0 Å². The van der Waals surface area contributed by atoms with Crippen molar-refractivity contribution in [1.82, 2.24) is 0 Å². The highest BCUT2D eigenvalue weighted by Gasteiger charge is 2.07. The van der Waals surface area contributed by atoms with Crippen LogP contribution >= 0.6 is 0 Å². The summed E-state index contributed by atoms with van der Waals surface area (Å²) in [5, 5.41) is 0. The van der Waals surface area contributed by atoms with E-state index in [1.54, 1.807) is 11.1 Å². The van der Waals surface area contributed by atoms with E-state index in [-0.39, 0.29) is 0 Å². The summed E-state index contributed by atoms with van der Waals surface area (Å²) >= 11 is 0. The van der Waals surface area contributed by atoms with Gasteiger partial charge in [-0.05, 0) is 5.92 Å². The maximum absolute atomic E-state index is 2.32. The molecule has 1 aromatic carbocycles. The van der Waals surface area contributed by atoms with Crippen molar-refractivity contribution in [2.24, 2.45) is 0 Å². The van der Waals surface area contributed by atoms with Crippen LogP contribution < -0.4 is 0 Å². The normalized spacial score (nSPS) is 11.7. The van der Waals surface area contributed by atoms with Crippen LogP contribution in [0.2, 0.25) is 0 Å². The Balaban J connectivity index is 3.29. The monoisotopic (exact) mass is 177 g/mol. The largest absolute Gasteiger partial charge is 0.198 e. The van der Waals surface area contributed by atoms with Gasteiger partial charge in [-0.15, -0.1) is 0 Å². The van der Waals surface area contributed by atoms with Crippen molar-refractivity contribution < 1.29 is 0 Å². The number of rotatable bonds is 2. The molecule has 0 fully saturated rings. The van der Waals surface area contributed by atoms with E-state index >= 15 is 0 Å². The van der Waals surface area contributed by atoms with Crippen LogP contribution in [-0.2, 0) is 0 Å². The molecule has 0 spiro atoms. The molecule has 0 amide bonds. The minimum absolute atomic E-state index is 0.658. The summed E-state index contributed by atoms with van der Waals surface area (Å²) in [6.45, 7) is 13.6. The Morgan fingerprint density at radius 3 is 1.92 bits per heavy atom. The third-order valence-corrected chi connectivity index (χ3v) is 2.73. The van der Waals surface area contributed by atoms with Crippen molar-refractivity contribution in [2.45, 2.75) is 53.4 Å². The third-order valence-electron chi connectivity index (χ3n) is 2.73. The first-order chi connectivity index (χ1) is 5.95. The van der Waals surface area contributed by atoms with Crippen LogP contribution in [0.25, 0.3) is 0 Å². The van der Waals surface area contributed by atoms with Gasteiger partial charge in [0, 0.05) is 0 Å². The molecule has 0 radical (unpaired) electrons. The van der Waals surface area contributed by atoms with Gasteiger partial charge in [-0.2, -0.15) is 28.3 Å². The zero-order valence-corrected chi connectivity index (χ0v) is 9.73. The van der Waals surface area contributed by atoms with Gasteiger partial charge < -0.3 is 0 Å². The molecule has 0 saturated heterocycles. The summed E-state index contributed by atoms with van der Waals surface area (Å²) in [5.74, 6) is 1.32. The van der Waals surface area contributed by atoms with Crippen molar-refractivity contribution in [3.63, 3.8) is 0 Å². The van der Waals surface area contributed by atoms with Crippen molar-refractivity contribution >= 4 is 0 Å². The molecule has 13 heavy (non-hydrogen) atoms. The summed E-state index contributed by atoms with van der Waals surface area (Å²) in [6.07, 6.45) is 0. The van der Waals surface area contributed by atoms with Gasteiger partial charge in [0.1, 0.15) is 0 Å². The van der Waals surface area contributed by atoms with E-state index in [4.69, 9.17) is 0 Å². The van der Waals surface area contributed by atoms with Gasteiger partial charge >= 0.3 is 0 Å². The Morgan fingerprint density at radius 1 is 1.08 bits per heavy atom. The summed E-state index contributed by atoms with van der Waals surface area (Å²) in [6, 6.07) is 2.32. The number of hydrogen-bond donors (Lipinski definition) is 0. The molecule has 0 unspecified atom stereocenters. The summed E-state index contributed by atoms with van der Waals surface area (Å²) < 4.78 is 0. The van der Waals surface area contributed by atoms with Crippen LogP contribution in [0.1, 0.15) is 61.8 Å². The number of hydrogen-bond acceptors (Lipinski definition) is 0. The molecule has 1 aromatic rings. The van der Waals surface area contributed by atoms with Gasteiger partial charge in [0.2, 0.25) is 0 Å². The fraction of sp³-hybridized carbons (Fsp3) is 0.615. The first-order valence-electron chi connectivity index (χ1n) is 5.21. The lowest BCUT2D eigenvalue weighted by Crippen LogP contribution is -1.97. The topological polar surface area (TPSA) is 0 Å². The Labute approximate surface area is 82.3 Å². The van der Waals surface area contributed by atoms with E-state index in [1.807, 2.05) is 0 Å². The molecule has 0 bridgehead atoms. The molecule has 0 heterocycles. The molecule has 0 heteroatoms. The lowest BCUT2D eigenvalue weighted by Gasteiger charge is -2.22. The molecule has 0 aromatic heterocycles. The first-order valence-corrected chi connectivity index (χ1v) is 5.21. The van der Waals surface area contributed by atoms with Crippen molar-refractivity contribution in [3.05, 3.63) is 28.3 Å². The van der Waals surface area contributed by atoms with Crippen LogP contribution in [0.3, 0.4) is 0 Å². The molecule has 0 aliphatic carbocycles. The third kappa shape index (κ3) is 1.82. The quantitative estimate of drug-likeness (QED) is 0.592. The van der Waals surface area contributed by atoms with Gasteiger partial charge in [0.25, 0.3) is 0 Å². The Kier molecular flexibility index (Phi) is 2.90. The molecular formula is C13H21-. The van der Waals surface area contributed by atoms with E-state index in [9.17, 15) is 0 Å². The van der Waals surface area contributed by atoms with Crippen LogP contribution in [-0.4, -0.2) is 0 Å². The molecule has 0 aliphatic heterocycles. The number of aryl methyl sites for hydroxylation is 2. The van der Waals surface area contributed by atoms with Gasteiger partial charge in [0.05, 0.1) is 0 Å². The highest BCUT2D eigenvalue weighted by Crippen LogP contribution is 2.33. The summed E-state index contributed by atoms with van der Waals surface area (Å²) in [5.41, 5.74) is 6.09. The van der Waals surface area contributed by atoms with Crippen LogP contribution in [0.15, 0.2) is 6.07 Å². The molecule has 0 nitrogen and oxygen atoms in total. The van der Waals surface area contributed by atoms with E-state index in [0.29, 0.717) is 11.8 Å². The Morgan fingerprint density at radius 2 is 1.62 bits per heavy atom. The van der Waals surface area contributed by atoms with Crippen LogP contribution in [0.5, 0.6) is 0 Å². The standard InChI is InChI=1S/C13H21/c1-8(2)12-10(5)7-11(6)13(12)9(3)4/h7-9H,1-6H3/q-1. The Hall–Kier alpha value is -0.650. The van der Waals surface area contributed by atoms with Crippen LogP contribution in [0.4, 0.5) is 0 Å². The van der Waals surface area contributed by atoms with E-state index in [0.717, 1.165) is 0 Å². The second-order valence-corrected chi connectivity index (χ2v) is 4.65. The molecule has 0 aliphatic rings. The van der Waals surface area contributed by atoms with Gasteiger partial charge in [-0.25, -0.2) is 0 Å². The predicted octanol–water partition coefficient (Wildman–Crippen LogP) is 4.27. The maximum Gasteiger partial charge on any atom is -0.0447 e. The SMILES string of the molecule is Cc1c[c-](C)c(C(C)C)c1C(C)C. The molecule has 74 valence electrons. The Bertz CT molecular complexity index is 259. The average molecular weight is 177 g/mol. The summed E-state index contributed by atoms with van der Waals surface area (Å²) in [4.78, 5) is 0. The van der Waals surface area contributed by atoms with Gasteiger partial charge in [-0.1, -0.05) is 47.5 Å². The highest BCUT2D eigenvalue weighted by molar-refractivity contribution is 5.46. The second kappa shape index (κ2) is 3.61. The molecule has 0 atom stereocenters. The first kappa shape index (κ1) is 10.4. The molecule has 0 N–H and O–H groups in total. The minimum atomic E-state index is 0.658. The summed E-state index contributed by atoms with van der Waals surface area (Å²) in [7, 11) is 0. The minimum Gasteiger partial charge on any atom is -0.198 e. The lowest BCUT2D eigenvalue weighted by atomic mass is 9.91. The average Bonchev–Trinajstić information content (AvgIpc) is 2.24. The molecule has 1 rings (SSSR count). The van der Waals surface area contributed by atoms with Crippen LogP contribution in [0, 0.1) is 13.8 Å². The van der Waals surface area contributed by atoms with E-state index in [1.165, 1.54) is 11.1 Å². The van der Waals surface area contributed by atoms with Gasteiger partial charge in [-0.3, -0.25) is 0 Å². The van der Waals surface area contributed by atoms with Crippen molar-refractivity contribution in [3.8, 4) is 0 Å². The smallest absolute Gasteiger partial charge is 0.0447 e. The molecule has 0 saturated carbocycles. The fourth-order valence-electron chi connectivity index (χ4n) is 2.44. The zero-order chi connectivity index (χ0) is 10.2. The highest BCUT2D eigenvalue weighted by atomic mass is 14.2. The predicted molar refractivity (Wildman–Crippen MR) is 59.7 cm³/mol. The van der Waals surface area contributed by atoms with E-state index in [2.05, 4.69) is 47.6 Å². The van der Waals surface area contributed by atoms with E-state index < -0.39 is 0 Å². The van der Waals surface area contributed by atoms with Crippen molar-refractivity contribution in [2.75, 3.05) is 0 Å². The maximum atomic E-state index is 2.32. The fourth-order valence-corrected chi connectivity index (χ4v) is 2.44. The molecular weight excluding hydrogens is 156 g/mol. The zero-order valence-electron chi connectivity index (χ0n) is 9.73. The second-order valence-electron chi connectivity index (χ2n) is 4.65.